The summed E-state index contributed by atoms with van der Waals surface area (Å²) in [7, 11) is 0. The Hall–Kier alpha value is -1.62. The molecule has 2 aromatic heterocycles. The zero-order valence-corrected chi connectivity index (χ0v) is 11.2. The lowest BCUT2D eigenvalue weighted by molar-refractivity contribution is 0.636. The van der Waals surface area contributed by atoms with Gasteiger partial charge < -0.3 is 5.32 Å². The third-order valence-electron chi connectivity index (χ3n) is 2.43. The fourth-order valence-electron chi connectivity index (χ4n) is 1.52. The van der Waals surface area contributed by atoms with Crippen LogP contribution >= 0.6 is 11.6 Å². The normalized spacial score (nSPS) is 10.9. The topological polar surface area (TPSA) is 55.6 Å². The molecule has 2 heterocycles. The highest BCUT2D eigenvalue weighted by Gasteiger charge is 2.06. The number of hydrogen-bond donors (Lipinski definition) is 1. The van der Waals surface area contributed by atoms with Gasteiger partial charge in [-0.25, -0.2) is 9.97 Å². The fraction of sp³-hybridized carbons (Fsp3) is 0.417. The van der Waals surface area contributed by atoms with Crippen LogP contribution in [0.4, 0.5) is 5.82 Å². The van der Waals surface area contributed by atoms with Crippen molar-refractivity contribution in [3.8, 4) is 0 Å². The van der Waals surface area contributed by atoms with Crippen LogP contribution in [0, 0.1) is 0 Å². The molecule has 0 aliphatic heterocycles. The van der Waals surface area contributed by atoms with Crippen molar-refractivity contribution in [2.24, 2.45) is 0 Å². The maximum Gasteiger partial charge on any atom is 0.135 e. The molecule has 0 fully saturated rings. The predicted octanol–water partition coefficient (Wildman–Crippen LogP) is 2.56. The Morgan fingerprint density at radius 1 is 1.39 bits per heavy atom. The Morgan fingerprint density at radius 2 is 2.22 bits per heavy atom. The van der Waals surface area contributed by atoms with Crippen LogP contribution in [0.3, 0.4) is 0 Å². The Kier molecular flexibility index (Phi) is 4.15. The highest BCUT2D eigenvalue weighted by Crippen LogP contribution is 2.16. The van der Waals surface area contributed by atoms with Gasteiger partial charge in [-0.1, -0.05) is 25.4 Å². The third-order valence-corrected chi connectivity index (χ3v) is 2.63. The van der Waals surface area contributed by atoms with Gasteiger partial charge >= 0.3 is 0 Å². The van der Waals surface area contributed by atoms with E-state index in [2.05, 4.69) is 20.4 Å². The van der Waals surface area contributed by atoms with Gasteiger partial charge in [0.1, 0.15) is 16.8 Å². The number of nitrogens with zero attached hydrogens (tertiary/aromatic N) is 4. The molecule has 0 aromatic carbocycles. The van der Waals surface area contributed by atoms with Gasteiger partial charge in [-0.2, -0.15) is 5.10 Å². The highest BCUT2D eigenvalue weighted by atomic mass is 35.5. The average Bonchev–Trinajstić information content (AvgIpc) is 2.81. The first kappa shape index (κ1) is 12.8. The molecule has 0 saturated carbocycles. The van der Waals surface area contributed by atoms with Crippen molar-refractivity contribution in [2.75, 3.05) is 11.9 Å². The lowest BCUT2D eigenvalue weighted by atomic mass is 10.2. The Balaban J connectivity index is 1.96. The fourth-order valence-corrected chi connectivity index (χ4v) is 1.71. The number of rotatable bonds is 5. The summed E-state index contributed by atoms with van der Waals surface area (Å²) in [5, 5.41) is 7.82. The maximum absolute atomic E-state index is 5.96. The van der Waals surface area contributed by atoms with E-state index in [9.17, 15) is 0 Å². The SMILES string of the molecule is CC(C)c1nc(Cl)cc(NCCn2cccn2)n1. The van der Waals surface area contributed by atoms with Crippen LogP contribution in [0.2, 0.25) is 5.15 Å². The molecule has 2 rings (SSSR count). The van der Waals surface area contributed by atoms with E-state index < -0.39 is 0 Å². The lowest BCUT2D eigenvalue weighted by Gasteiger charge is -2.09. The molecule has 0 aliphatic carbocycles. The Morgan fingerprint density at radius 3 is 2.89 bits per heavy atom. The number of nitrogens with one attached hydrogen (secondary N) is 1. The van der Waals surface area contributed by atoms with Gasteiger partial charge in [0.25, 0.3) is 0 Å². The molecule has 2 aromatic rings. The predicted molar refractivity (Wildman–Crippen MR) is 71.8 cm³/mol. The average molecular weight is 266 g/mol. The van der Waals surface area contributed by atoms with E-state index in [0.29, 0.717) is 5.15 Å². The van der Waals surface area contributed by atoms with E-state index in [0.717, 1.165) is 24.7 Å². The molecule has 18 heavy (non-hydrogen) atoms. The summed E-state index contributed by atoms with van der Waals surface area (Å²) < 4.78 is 1.86. The molecule has 6 heteroatoms. The first-order chi connectivity index (χ1) is 8.65. The molecule has 96 valence electrons. The number of halogens is 1. The molecule has 0 spiro atoms. The summed E-state index contributed by atoms with van der Waals surface area (Å²) >= 11 is 5.96. The molecule has 0 aliphatic rings. The van der Waals surface area contributed by atoms with Crippen molar-refractivity contribution >= 4 is 17.4 Å². The van der Waals surface area contributed by atoms with Crippen molar-refractivity contribution in [1.82, 2.24) is 19.7 Å². The van der Waals surface area contributed by atoms with Crippen molar-refractivity contribution in [1.29, 1.82) is 0 Å². The van der Waals surface area contributed by atoms with E-state index in [-0.39, 0.29) is 5.92 Å². The quantitative estimate of drug-likeness (QED) is 0.844. The van der Waals surface area contributed by atoms with E-state index >= 15 is 0 Å². The molecule has 0 unspecified atom stereocenters. The van der Waals surface area contributed by atoms with Crippen LogP contribution in [0.5, 0.6) is 0 Å². The minimum absolute atomic E-state index is 0.260. The molecular weight excluding hydrogens is 250 g/mol. The van der Waals surface area contributed by atoms with Gasteiger partial charge in [-0.05, 0) is 6.07 Å². The molecule has 0 amide bonds. The molecule has 1 N–H and O–H groups in total. The lowest BCUT2D eigenvalue weighted by Crippen LogP contribution is -2.12. The number of hydrogen-bond acceptors (Lipinski definition) is 4. The molecule has 0 bridgehead atoms. The first-order valence-corrected chi connectivity index (χ1v) is 6.28. The Labute approximate surface area is 111 Å². The van der Waals surface area contributed by atoms with Crippen LogP contribution in [0.1, 0.15) is 25.6 Å². The van der Waals surface area contributed by atoms with Crippen LogP contribution in [-0.2, 0) is 6.54 Å². The van der Waals surface area contributed by atoms with Gasteiger partial charge in [0.15, 0.2) is 0 Å². The second-order valence-corrected chi connectivity index (χ2v) is 4.67. The second kappa shape index (κ2) is 5.82. The Bertz CT molecular complexity index is 495. The number of anilines is 1. The highest BCUT2D eigenvalue weighted by molar-refractivity contribution is 6.29. The monoisotopic (exact) mass is 265 g/mol. The summed E-state index contributed by atoms with van der Waals surface area (Å²) in [6, 6.07) is 3.63. The van der Waals surface area contributed by atoms with Crippen LogP contribution in [-0.4, -0.2) is 26.3 Å². The summed E-state index contributed by atoms with van der Waals surface area (Å²) in [6.45, 7) is 5.61. The zero-order valence-electron chi connectivity index (χ0n) is 10.5. The van der Waals surface area contributed by atoms with E-state index in [1.54, 1.807) is 12.3 Å². The van der Waals surface area contributed by atoms with Gasteiger partial charge in [0.2, 0.25) is 0 Å². The summed E-state index contributed by atoms with van der Waals surface area (Å²) in [5.74, 6) is 1.77. The molecule has 5 nitrogen and oxygen atoms in total. The smallest absolute Gasteiger partial charge is 0.135 e. The summed E-state index contributed by atoms with van der Waals surface area (Å²) in [4.78, 5) is 8.60. The number of aromatic nitrogens is 4. The molecule has 0 radical (unpaired) electrons. The van der Waals surface area contributed by atoms with E-state index in [1.165, 1.54) is 0 Å². The van der Waals surface area contributed by atoms with Gasteiger partial charge in [-0.15, -0.1) is 0 Å². The summed E-state index contributed by atoms with van der Waals surface area (Å²) in [5.41, 5.74) is 0. The molecule has 0 saturated heterocycles. The van der Waals surface area contributed by atoms with E-state index in [4.69, 9.17) is 11.6 Å². The molecule has 0 atom stereocenters. The van der Waals surface area contributed by atoms with Crippen molar-refractivity contribution < 1.29 is 0 Å². The minimum atomic E-state index is 0.260. The van der Waals surface area contributed by atoms with Gasteiger partial charge in [0.05, 0.1) is 6.54 Å². The van der Waals surface area contributed by atoms with Crippen molar-refractivity contribution in [3.63, 3.8) is 0 Å². The first-order valence-electron chi connectivity index (χ1n) is 5.91. The molecular formula is C12H16ClN5. The van der Waals surface area contributed by atoms with Crippen LogP contribution < -0.4 is 5.32 Å². The van der Waals surface area contributed by atoms with Crippen LogP contribution in [0.25, 0.3) is 0 Å². The van der Waals surface area contributed by atoms with Gasteiger partial charge in [-0.3, -0.25) is 4.68 Å². The summed E-state index contributed by atoms with van der Waals surface area (Å²) in [6.07, 6.45) is 3.69. The van der Waals surface area contributed by atoms with Crippen molar-refractivity contribution in [3.05, 3.63) is 35.5 Å². The second-order valence-electron chi connectivity index (χ2n) is 4.28. The zero-order chi connectivity index (χ0) is 13.0. The third kappa shape index (κ3) is 3.43. The van der Waals surface area contributed by atoms with Gasteiger partial charge in [0, 0.05) is 30.9 Å². The minimum Gasteiger partial charge on any atom is -0.368 e. The largest absolute Gasteiger partial charge is 0.368 e. The van der Waals surface area contributed by atoms with Crippen molar-refractivity contribution in [2.45, 2.75) is 26.3 Å². The van der Waals surface area contributed by atoms with Crippen LogP contribution in [0.15, 0.2) is 24.5 Å². The standard InChI is InChI=1S/C12H16ClN5/c1-9(2)12-16-10(13)8-11(17-12)14-5-7-18-6-3-4-15-18/h3-4,6,8-9H,5,7H2,1-2H3,(H,14,16,17). The van der Waals surface area contributed by atoms with E-state index in [1.807, 2.05) is 30.8 Å². The maximum atomic E-state index is 5.96.